The Morgan fingerprint density at radius 3 is 2.29 bits per heavy atom. The van der Waals surface area contributed by atoms with Crippen molar-refractivity contribution in [1.29, 1.82) is 0 Å². The van der Waals surface area contributed by atoms with Crippen molar-refractivity contribution in [1.82, 2.24) is 0 Å². The molecule has 1 rings (SSSR count). The van der Waals surface area contributed by atoms with E-state index >= 15 is 0 Å². The van der Waals surface area contributed by atoms with E-state index in [1.165, 1.54) is 5.56 Å². The summed E-state index contributed by atoms with van der Waals surface area (Å²) < 4.78 is 11.6. The van der Waals surface area contributed by atoms with Crippen LogP contribution < -0.4 is 0 Å². The fourth-order valence-electron chi connectivity index (χ4n) is 1.46. The normalized spacial score (nSPS) is 14.5. The highest BCUT2D eigenvalue weighted by Gasteiger charge is 2.09. The summed E-state index contributed by atoms with van der Waals surface area (Å²) in [5, 5.41) is 0. The largest absolute Gasteiger partial charge is 0.376 e. The van der Waals surface area contributed by atoms with E-state index in [2.05, 4.69) is 32.9 Å². The molecule has 0 fully saturated rings. The zero-order valence-corrected chi connectivity index (χ0v) is 11.2. The average molecular weight is 236 g/mol. The van der Waals surface area contributed by atoms with Gasteiger partial charge in [0.15, 0.2) is 0 Å². The molecule has 17 heavy (non-hydrogen) atoms. The molecule has 0 saturated heterocycles. The van der Waals surface area contributed by atoms with Gasteiger partial charge in [-0.2, -0.15) is 0 Å². The molecule has 2 unspecified atom stereocenters. The highest BCUT2D eigenvalue weighted by Crippen LogP contribution is 2.08. The van der Waals surface area contributed by atoms with Crippen molar-refractivity contribution in [2.75, 3.05) is 6.61 Å². The third-order valence-electron chi connectivity index (χ3n) is 2.93. The fourth-order valence-corrected chi connectivity index (χ4v) is 1.46. The van der Waals surface area contributed by atoms with Crippen LogP contribution in [0.3, 0.4) is 0 Å². The molecule has 0 aliphatic carbocycles. The summed E-state index contributed by atoms with van der Waals surface area (Å²) in [7, 11) is 0. The molecule has 2 nitrogen and oxygen atoms in total. The van der Waals surface area contributed by atoms with E-state index in [1.54, 1.807) is 0 Å². The molecule has 0 radical (unpaired) electrons. The van der Waals surface area contributed by atoms with Crippen LogP contribution in [0.15, 0.2) is 30.3 Å². The van der Waals surface area contributed by atoms with Crippen LogP contribution in [-0.2, 0) is 16.1 Å². The highest BCUT2D eigenvalue weighted by atomic mass is 16.5. The lowest BCUT2D eigenvalue weighted by Gasteiger charge is -2.19. The third-order valence-corrected chi connectivity index (χ3v) is 2.93. The molecule has 1 aromatic rings. The number of hydrogen-bond donors (Lipinski definition) is 0. The van der Waals surface area contributed by atoms with Gasteiger partial charge < -0.3 is 9.47 Å². The molecular weight excluding hydrogens is 212 g/mol. The standard InChI is InChI=1S/C15H24O2/c1-4-13(3)16-12-15(5-2)17-11-14-9-7-6-8-10-14/h6-10,13,15H,4-5,11-12H2,1-3H3. The van der Waals surface area contributed by atoms with Crippen LogP contribution in [0.2, 0.25) is 0 Å². The van der Waals surface area contributed by atoms with Crippen LogP contribution in [0.25, 0.3) is 0 Å². The third kappa shape index (κ3) is 5.85. The first-order chi connectivity index (χ1) is 8.26. The number of rotatable bonds is 8. The van der Waals surface area contributed by atoms with Crippen LogP contribution in [0, 0.1) is 0 Å². The Hall–Kier alpha value is -0.860. The minimum absolute atomic E-state index is 0.198. The van der Waals surface area contributed by atoms with E-state index < -0.39 is 0 Å². The van der Waals surface area contributed by atoms with Crippen LogP contribution in [-0.4, -0.2) is 18.8 Å². The fraction of sp³-hybridized carbons (Fsp3) is 0.600. The lowest BCUT2D eigenvalue weighted by Crippen LogP contribution is -2.22. The molecule has 0 amide bonds. The maximum absolute atomic E-state index is 5.85. The Kier molecular flexibility index (Phi) is 6.90. The molecule has 96 valence electrons. The van der Waals surface area contributed by atoms with Crippen molar-refractivity contribution in [3.63, 3.8) is 0 Å². The molecular formula is C15H24O2. The Balaban J connectivity index is 2.27. The monoisotopic (exact) mass is 236 g/mol. The number of ether oxygens (including phenoxy) is 2. The predicted octanol–water partition coefficient (Wildman–Crippen LogP) is 3.80. The average Bonchev–Trinajstić information content (AvgIpc) is 2.39. The summed E-state index contributed by atoms with van der Waals surface area (Å²) in [5.74, 6) is 0. The van der Waals surface area contributed by atoms with Gasteiger partial charge >= 0.3 is 0 Å². The first-order valence-corrected chi connectivity index (χ1v) is 6.53. The smallest absolute Gasteiger partial charge is 0.0810 e. The Morgan fingerprint density at radius 1 is 1.00 bits per heavy atom. The van der Waals surface area contributed by atoms with Gasteiger partial charge in [0, 0.05) is 0 Å². The molecule has 0 saturated carbocycles. The molecule has 0 bridgehead atoms. The van der Waals surface area contributed by atoms with Gasteiger partial charge in [0.1, 0.15) is 0 Å². The maximum atomic E-state index is 5.85. The van der Waals surface area contributed by atoms with Gasteiger partial charge in [-0.3, -0.25) is 0 Å². The minimum Gasteiger partial charge on any atom is -0.376 e. The lowest BCUT2D eigenvalue weighted by atomic mass is 10.2. The van der Waals surface area contributed by atoms with Gasteiger partial charge in [0.25, 0.3) is 0 Å². The zero-order valence-electron chi connectivity index (χ0n) is 11.2. The first kappa shape index (κ1) is 14.2. The summed E-state index contributed by atoms with van der Waals surface area (Å²) in [4.78, 5) is 0. The van der Waals surface area contributed by atoms with Gasteiger partial charge in [-0.25, -0.2) is 0 Å². The van der Waals surface area contributed by atoms with Gasteiger partial charge in [-0.15, -0.1) is 0 Å². The van der Waals surface area contributed by atoms with Crippen molar-refractivity contribution >= 4 is 0 Å². The zero-order chi connectivity index (χ0) is 12.5. The van der Waals surface area contributed by atoms with E-state index in [0.717, 1.165) is 12.8 Å². The van der Waals surface area contributed by atoms with Crippen LogP contribution in [0.5, 0.6) is 0 Å². The van der Waals surface area contributed by atoms with Crippen molar-refractivity contribution in [2.45, 2.75) is 52.4 Å². The SMILES string of the molecule is CCC(C)OCC(CC)OCc1ccccc1. The van der Waals surface area contributed by atoms with E-state index in [0.29, 0.717) is 19.3 Å². The Morgan fingerprint density at radius 2 is 1.71 bits per heavy atom. The molecule has 0 spiro atoms. The highest BCUT2D eigenvalue weighted by molar-refractivity contribution is 5.13. The molecule has 0 aromatic heterocycles. The number of hydrogen-bond acceptors (Lipinski definition) is 2. The van der Waals surface area contributed by atoms with E-state index in [4.69, 9.17) is 9.47 Å². The van der Waals surface area contributed by atoms with E-state index in [9.17, 15) is 0 Å². The molecule has 0 aliphatic rings. The minimum atomic E-state index is 0.198. The van der Waals surface area contributed by atoms with Gasteiger partial charge in [-0.1, -0.05) is 44.2 Å². The summed E-state index contributed by atoms with van der Waals surface area (Å²) in [5.41, 5.74) is 1.22. The topological polar surface area (TPSA) is 18.5 Å². The van der Waals surface area contributed by atoms with Gasteiger partial charge in [0.05, 0.1) is 25.4 Å². The van der Waals surface area contributed by atoms with Crippen LogP contribution in [0.1, 0.15) is 39.2 Å². The van der Waals surface area contributed by atoms with Gasteiger partial charge in [-0.05, 0) is 25.3 Å². The quantitative estimate of drug-likeness (QED) is 0.683. The molecule has 2 heteroatoms. The molecule has 1 aromatic carbocycles. The van der Waals surface area contributed by atoms with E-state index in [-0.39, 0.29) is 6.10 Å². The summed E-state index contributed by atoms with van der Waals surface area (Å²) in [6, 6.07) is 10.3. The summed E-state index contributed by atoms with van der Waals surface area (Å²) in [6.07, 6.45) is 2.56. The number of benzene rings is 1. The predicted molar refractivity (Wildman–Crippen MR) is 71.0 cm³/mol. The van der Waals surface area contributed by atoms with Crippen molar-refractivity contribution in [2.24, 2.45) is 0 Å². The molecule has 0 heterocycles. The van der Waals surface area contributed by atoms with E-state index in [1.807, 2.05) is 18.2 Å². The first-order valence-electron chi connectivity index (χ1n) is 6.53. The second kappa shape index (κ2) is 8.26. The van der Waals surface area contributed by atoms with Crippen LogP contribution in [0.4, 0.5) is 0 Å². The maximum Gasteiger partial charge on any atom is 0.0810 e. The van der Waals surface area contributed by atoms with Crippen LogP contribution >= 0.6 is 0 Å². The Labute approximate surface area is 105 Å². The van der Waals surface area contributed by atoms with Gasteiger partial charge in [0.2, 0.25) is 0 Å². The summed E-state index contributed by atoms with van der Waals surface area (Å²) in [6.45, 7) is 7.73. The molecule has 2 atom stereocenters. The lowest BCUT2D eigenvalue weighted by molar-refractivity contribution is -0.0479. The molecule has 0 aliphatic heterocycles. The van der Waals surface area contributed by atoms with Crippen molar-refractivity contribution in [3.05, 3.63) is 35.9 Å². The second-order valence-electron chi connectivity index (χ2n) is 4.38. The second-order valence-corrected chi connectivity index (χ2v) is 4.38. The summed E-state index contributed by atoms with van der Waals surface area (Å²) >= 11 is 0. The Bertz CT molecular complexity index is 284. The molecule has 0 N–H and O–H groups in total. The van der Waals surface area contributed by atoms with Crippen molar-refractivity contribution < 1.29 is 9.47 Å². The van der Waals surface area contributed by atoms with Crippen molar-refractivity contribution in [3.8, 4) is 0 Å².